The SMILES string of the molecule is COc1ccc(Cl)cc1CNC(=O)CC1CSCCN1. The predicted molar refractivity (Wildman–Crippen MR) is 83.6 cm³/mol. The van der Waals surface area contributed by atoms with Crippen molar-refractivity contribution in [2.75, 3.05) is 25.2 Å². The molecule has 1 amide bonds. The summed E-state index contributed by atoms with van der Waals surface area (Å²) in [7, 11) is 1.61. The van der Waals surface area contributed by atoms with Gasteiger partial charge in [-0.25, -0.2) is 0 Å². The minimum absolute atomic E-state index is 0.0482. The zero-order valence-corrected chi connectivity index (χ0v) is 13.0. The average molecular weight is 315 g/mol. The Balaban J connectivity index is 1.84. The van der Waals surface area contributed by atoms with Crippen LogP contribution in [-0.4, -0.2) is 37.1 Å². The molecule has 2 rings (SSSR count). The monoisotopic (exact) mass is 314 g/mol. The van der Waals surface area contributed by atoms with Crippen molar-refractivity contribution < 1.29 is 9.53 Å². The first-order valence-electron chi connectivity index (χ1n) is 6.59. The molecule has 110 valence electrons. The lowest BCUT2D eigenvalue weighted by molar-refractivity contribution is -0.121. The molecule has 1 aliphatic rings. The van der Waals surface area contributed by atoms with E-state index in [1.807, 2.05) is 23.9 Å². The highest BCUT2D eigenvalue weighted by atomic mass is 35.5. The predicted octanol–water partition coefficient (Wildman–Crippen LogP) is 2.06. The molecule has 1 aromatic rings. The Hall–Kier alpha value is -0.910. The average Bonchev–Trinajstić information content (AvgIpc) is 2.46. The van der Waals surface area contributed by atoms with Crippen LogP contribution in [0.25, 0.3) is 0 Å². The van der Waals surface area contributed by atoms with Gasteiger partial charge >= 0.3 is 0 Å². The fourth-order valence-corrected chi connectivity index (χ4v) is 3.27. The summed E-state index contributed by atoms with van der Waals surface area (Å²) in [4.78, 5) is 11.9. The first-order chi connectivity index (χ1) is 9.69. The number of carbonyl (C=O) groups excluding carboxylic acids is 1. The standard InChI is InChI=1S/C14H19ClN2O2S/c1-19-13-3-2-11(15)6-10(13)8-17-14(18)7-12-9-20-5-4-16-12/h2-3,6,12,16H,4-5,7-9H2,1H3,(H,17,18). The van der Waals surface area contributed by atoms with Crippen LogP contribution in [0.1, 0.15) is 12.0 Å². The summed E-state index contributed by atoms with van der Waals surface area (Å²) < 4.78 is 5.26. The number of benzene rings is 1. The largest absolute Gasteiger partial charge is 0.496 e. The van der Waals surface area contributed by atoms with Gasteiger partial charge in [0.2, 0.25) is 5.91 Å². The van der Waals surface area contributed by atoms with Gasteiger partial charge < -0.3 is 15.4 Å². The highest BCUT2D eigenvalue weighted by Gasteiger charge is 2.16. The van der Waals surface area contributed by atoms with Gasteiger partial charge in [0.15, 0.2) is 0 Å². The van der Waals surface area contributed by atoms with Crippen LogP contribution in [0.4, 0.5) is 0 Å². The Bertz CT molecular complexity index is 464. The normalized spacial score (nSPS) is 18.6. The molecular weight excluding hydrogens is 296 g/mol. The van der Waals surface area contributed by atoms with Gasteiger partial charge in [-0.2, -0.15) is 11.8 Å². The van der Waals surface area contributed by atoms with Gasteiger partial charge in [-0.05, 0) is 18.2 Å². The Labute approximate surface area is 128 Å². The van der Waals surface area contributed by atoms with Crippen LogP contribution in [0.2, 0.25) is 5.02 Å². The molecule has 1 heterocycles. The Morgan fingerprint density at radius 2 is 2.45 bits per heavy atom. The second-order valence-corrected chi connectivity index (χ2v) is 6.25. The van der Waals surface area contributed by atoms with E-state index in [1.165, 1.54) is 0 Å². The number of hydrogen-bond acceptors (Lipinski definition) is 4. The number of thioether (sulfide) groups is 1. The Morgan fingerprint density at radius 1 is 1.60 bits per heavy atom. The van der Waals surface area contributed by atoms with Crippen molar-refractivity contribution in [2.45, 2.75) is 19.0 Å². The molecule has 6 heteroatoms. The van der Waals surface area contributed by atoms with Crippen LogP contribution in [0.5, 0.6) is 5.75 Å². The molecular formula is C14H19ClN2O2S. The number of rotatable bonds is 5. The topological polar surface area (TPSA) is 50.4 Å². The van der Waals surface area contributed by atoms with Crippen molar-refractivity contribution in [3.8, 4) is 5.75 Å². The van der Waals surface area contributed by atoms with E-state index in [1.54, 1.807) is 13.2 Å². The molecule has 1 aromatic carbocycles. The lowest BCUT2D eigenvalue weighted by Gasteiger charge is -2.22. The van der Waals surface area contributed by atoms with Crippen LogP contribution >= 0.6 is 23.4 Å². The zero-order chi connectivity index (χ0) is 14.4. The van der Waals surface area contributed by atoms with Crippen molar-refractivity contribution in [3.05, 3.63) is 28.8 Å². The maximum atomic E-state index is 11.9. The minimum Gasteiger partial charge on any atom is -0.496 e. The van der Waals surface area contributed by atoms with E-state index in [-0.39, 0.29) is 11.9 Å². The first-order valence-corrected chi connectivity index (χ1v) is 8.12. The van der Waals surface area contributed by atoms with Crippen LogP contribution in [0.15, 0.2) is 18.2 Å². The molecule has 1 saturated heterocycles. The maximum Gasteiger partial charge on any atom is 0.221 e. The van der Waals surface area contributed by atoms with Crippen molar-refractivity contribution in [1.29, 1.82) is 0 Å². The maximum absolute atomic E-state index is 11.9. The fourth-order valence-electron chi connectivity index (χ4n) is 2.13. The van der Waals surface area contributed by atoms with Crippen LogP contribution in [-0.2, 0) is 11.3 Å². The number of carbonyl (C=O) groups is 1. The third-order valence-electron chi connectivity index (χ3n) is 3.15. The Kier molecular flexibility index (Phi) is 6.01. The van der Waals surface area contributed by atoms with Gasteiger partial charge in [-0.1, -0.05) is 11.6 Å². The molecule has 2 N–H and O–H groups in total. The second kappa shape index (κ2) is 7.76. The summed E-state index contributed by atoms with van der Waals surface area (Å²) in [5.41, 5.74) is 0.888. The van der Waals surface area contributed by atoms with Crippen LogP contribution < -0.4 is 15.4 Å². The molecule has 0 radical (unpaired) electrons. The highest BCUT2D eigenvalue weighted by Crippen LogP contribution is 2.22. The fraction of sp³-hybridized carbons (Fsp3) is 0.500. The van der Waals surface area contributed by atoms with E-state index < -0.39 is 0 Å². The quantitative estimate of drug-likeness (QED) is 0.873. The second-order valence-electron chi connectivity index (χ2n) is 4.66. The van der Waals surface area contributed by atoms with Crippen LogP contribution in [0, 0.1) is 0 Å². The van der Waals surface area contributed by atoms with Gasteiger partial charge in [-0.15, -0.1) is 0 Å². The smallest absolute Gasteiger partial charge is 0.221 e. The first kappa shape index (κ1) is 15.5. The molecule has 1 atom stereocenters. The number of methoxy groups -OCH3 is 1. The summed E-state index contributed by atoms with van der Waals surface area (Å²) in [6, 6.07) is 5.67. The van der Waals surface area contributed by atoms with E-state index in [0.29, 0.717) is 18.0 Å². The third-order valence-corrected chi connectivity index (χ3v) is 4.51. The van der Waals surface area contributed by atoms with Crippen molar-refractivity contribution in [3.63, 3.8) is 0 Å². The van der Waals surface area contributed by atoms with Crippen molar-refractivity contribution in [1.82, 2.24) is 10.6 Å². The van der Waals surface area contributed by atoms with Crippen molar-refractivity contribution >= 4 is 29.3 Å². The summed E-state index contributed by atoms with van der Waals surface area (Å²) in [5.74, 6) is 2.90. The molecule has 1 aliphatic heterocycles. The lowest BCUT2D eigenvalue weighted by atomic mass is 10.2. The number of halogens is 1. The van der Waals surface area contributed by atoms with Gasteiger partial charge in [0.05, 0.1) is 7.11 Å². The zero-order valence-electron chi connectivity index (χ0n) is 11.4. The molecule has 0 aromatic heterocycles. The van der Waals surface area contributed by atoms with E-state index >= 15 is 0 Å². The van der Waals surface area contributed by atoms with Gasteiger partial charge in [0.1, 0.15) is 5.75 Å². The van der Waals surface area contributed by atoms with E-state index in [9.17, 15) is 4.79 Å². The van der Waals surface area contributed by atoms with E-state index in [4.69, 9.17) is 16.3 Å². The minimum atomic E-state index is 0.0482. The summed E-state index contributed by atoms with van der Waals surface area (Å²) in [6.07, 6.45) is 0.510. The number of amides is 1. The number of nitrogens with one attached hydrogen (secondary N) is 2. The van der Waals surface area contributed by atoms with Gasteiger partial charge in [0, 0.05) is 47.6 Å². The summed E-state index contributed by atoms with van der Waals surface area (Å²) in [5, 5.41) is 6.91. The molecule has 4 nitrogen and oxygen atoms in total. The Morgan fingerprint density at radius 3 is 3.15 bits per heavy atom. The van der Waals surface area contributed by atoms with E-state index in [0.717, 1.165) is 29.4 Å². The van der Waals surface area contributed by atoms with E-state index in [2.05, 4.69) is 10.6 Å². The van der Waals surface area contributed by atoms with Crippen molar-refractivity contribution in [2.24, 2.45) is 0 Å². The third kappa shape index (κ3) is 4.58. The number of ether oxygens (including phenoxy) is 1. The van der Waals surface area contributed by atoms with Crippen LogP contribution in [0.3, 0.4) is 0 Å². The lowest BCUT2D eigenvalue weighted by Crippen LogP contribution is -2.41. The molecule has 0 spiro atoms. The molecule has 1 unspecified atom stereocenters. The van der Waals surface area contributed by atoms with Gasteiger partial charge in [-0.3, -0.25) is 4.79 Å². The molecule has 20 heavy (non-hydrogen) atoms. The summed E-state index contributed by atoms with van der Waals surface area (Å²) in [6.45, 7) is 1.41. The molecule has 0 bridgehead atoms. The summed E-state index contributed by atoms with van der Waals surface area (Å²) >= 11 is 7.85. The molecule has 1 fully saturated rings. The van der Waals surface area contributed by atoms with Gasteiger partial charge in [0.25, 0.3) is 0 Å². The molecule has 0 saturated carbocycles. The highest BCUT2D eigenvalue weighted by molar-refractivity contribution is 7.99. The number of hydrogen-bond donors (Lipinski definition) is 2. The molecule has 0 aliphatic carbocycles.